The topological polar surface area (TPSA) is 95.5 Å². The third-order valence-corrected chi connectivity index (χ3v) is 4.56. The van der Waals surface area contributed by atoms with Crippen molar-refractivity contribution >= 4 is 0 Å². The number of hydroxylamine groups is 4. The molecule has 6 heteroatoms. The molecule has 0 heterocycles. The molecule has 0 aliphatic heterocycles. The van der Waals surface area contributed by atoms with Crippen LogP contribution in [0.25, 0.3) is 0 Å². The summed E-state index contributed by atoms with van der Waals surface area (Å²) in [5.74, 6) is 0. The Kier molecular flexibility index (Phi) is 4.62. The van der Waals surface area contributed by atoms with Crippen molar-refractivity contribution in [3.63, 3.8) is 0 Å². The molecule has 0 amide bonds. The van der Waals surface area contributed by atoms with Crippen LogP contribution in [0.15, 0.2) is 60.7 Å². The minimum atomic E-state index is -1.61. The van der Waals surface area contributed by atoms with Crippen LogP contribution >= 0.6 is 0 Å². The normalized spacial score (nSPS) is 19.7. The maximum Gasteiger partial charge on any atom is 0.212 e. The van der Waals surface area contributed by atoms with Gasteiger partial charge in [-0.3, -0.25) is 0 Å². The van der Waals surface area contributed by atoms with Crippen LogP contribution in [-0.4, -0.2) is 10.4 Å². The van der Waals surface area contributed by atoms with Gasteiger partial charge < -0.3 is 10.4 Å². The van der Waals surface area contributed by atoms with Crippen molar-refractivity contribution in [2.45, 2.75) is 24.9 Å². The summed E-state index contributed by atoms with van der Waals surface area (Å²) in [6.07, 6.45) is 0. The van der Waals surface area contributed by atoms with E-state index in [4.69, 9.17) is 0 Å². The van der Waals surface area contributed by atoms with Crippen LogP contribution in [0.3, 0.4) is 0 Å². The zero-order chi connectivity index (χ0) is 16.4. The van der Waals surface area contributed by atoms with Crippen molar-refractivity contribution in [3.8, 4) is 0 Å². The summed E-state index contributed by atoms with van der Waals surface area (Å²) in [7, 11) is 0. The molecule has 0 radical (unpaired) electrons. The Morgan fingerprint density at radius 1 is 0.682 bits per heavy atom. The number of nitrogens with one attached hydrogen (secondary N) is 2. The molecule has 0 bridgehead atoms. The Hall–Kier alpha value is -1.80. The molecule has 2 aromatic rings. The molecule has 0 spiro atoms. The van der Waals surface area contributed by atoms with Crippen LogP contribution in [0.2, 0.25) is 0 Å². The molecule has 4 atom stereocenters. The van der Waals surface area contributed by atoms with Crippen molar-refractivity contribution in [2.75, 3.05) is 0 Å². The van der Waals surface area contributed by atoms with Crippen LogP contribution in [0, 0.1) is 10.4 Å². The number of rotatable bonds is 5. The van der Waals surface area contributed by atoms with E-state index in [-0.39, 0.29) is 0 Å². The quantitative estimate of drug-likeness (QED) is 0.600. The van der Waals surface area contributed by atoms with Crippen LogP contribution in [0.1, 0.15) is 25.0 Å². The van der Waals surface area contributed by atoms with E-state index in [9.17, 15) is 20.8 Å². The largest absolute Gasteiger partial charge is 0.599 e. The number of hydrogen-bond acceptors (Lipinski definition) is 4. The Bertz CT molecular complexity index is 551. The molecule has 0 aliphatic rings. The van der Waals surface area contributed by atoms with Crippen molar-refractivity contribution in [1.82, 2.24) is 0 Å². The second-order valence-electron chi connectivity index (χ2n) is 5.59. The second-order valence-corrected chi connectivity index (χ2v) is 5.59. The third kappa shape index (κ3) is 2.42. The van der Waals surface area contributed by atoms with Gasteiger partial charge in [0, 0.05) is 25.0 Å². The van der Waals surface area contributed by atoms with E-state index in [1.165, 1.54) is 13.8 Å². The van der Waals surface area contributed by atoms with E-state index >= 15 is 0 Å². The first-order chi connectivity index (χ1) is 10.3. The van der Waals surface area contributed by atoms with Gasteiger partial charge in [0.15, 0.2) is 0 Å². The monoisotopic (exact) mass is 304 g/mol. The molecule has 0 aliphatic carbocycles. The highest BCUT2D eigenvalue weighted by Gasteiger charge is 2.59. The van der Waals surface area contributed by atoms with E-state index in [1.54, 1.807) is 60.7 Å². The van der Waals surface area contributed by atoms with Gasteiger partial charge in [0.2, 0.25) is 11.1 Å². The van der Waals surface area contributed by atoms with Crippen LogP contribution < -0.4 is 10.5 Å². The molecule has 0 saturated heterocycles. The molecule has 2 aromatic carbocycles. The molecular weight excluding hydrogens is 284 g/mol. The molecule has 2 unspecified atom stereocenters. The van der Waals surface area contributed by atoms with Crippen molar-refractivity contribution in [1.29, 1.82) is 0 Å². The zero-order valence-electron chi connectivity index (χ0n) is 12.5. The number of quaternary nitrogens is 2. The van der Waals surface area contributed by atoms with Gasteiger partial charge >= 0.3 is 0 Å². The first kappa shape index (κ1) is 16.6. The molecular formula is C16H20N2O4. The van der Waals surface area contributed by atoms with Crippen LogP contribution in [-0.2, 0) is 11.1 Å². The summed E-state index contributed by atoms with van der Waals surface area (Å²) in [5.41, 5.74) is -2.31. The van der Waals surface area contributed by atoms with E-state index < -0.39 is 21.5 Å². The molecule has 0 aromatic heterocycles. The van der Waals surface area contributed by atoms with Crippen molar-refractivity contribution in [2.24, 2.45) is 0 Å². The molecule has 6 nitrogen and oxygen atoms in total. The summed E-state index contributed by atoms with van der Waals surface area (Å²) in [5, 5.41) is 41.6. The lowest BCUT2D eigenvalue weighted by molar-refractivity contribution is -1.17. The van der Waals surface area contributed by atoms with E-state index in [1.807, 2.05) is 0 Å². The fraction of sp³-hybridized carbons (Fsp3) is 0.250. The zero-order valence-corrected chi connectivity index (χ0v) is 12.5. The first-order valence-corrected chi connectivity index (χ1v) is 6.93. The lowest BCUT2D eigenvalue weighted by atomic mass is 9.71. The molecule has 22 heavy (non-hydrogen) atoms. The van der Waals surface area contributed by atoms with E-state index in [0.29, 0.717) is 11.1 Å². The predicted octanol–water partition coefficient (Wildman–Crippen LogP) is 0.361. The smallest absolute Gasteiger partial charge is 0.212 e. The number of benzene rings is 2. The van der Waals surface area contributed by atoms with Gasteiger partial charge in [0.05, 0.1) is 0 Å². The Balaban J connectivity index is 2.72. The summed E-state index contributed by atoms with van der Waals surface area (Å²) in [6, 6.07) is 17.0. The van der Waals surface area contributed by atoms with E-state index in [0.717, 1.165) is 0 Å². The Labute approximate surface area is 128 Å². The van der Waals surface area contributed by atoms with Gasteiger partial charge in [-0.05, 0) is 0 Å². The Morgan fingerprint density at radius 2 is 0.955 bits per heavy atom. The maximum absolute atomic E-state index is 12.1. The molecule has 0 fully saturated rings. The van der Waals surface area contributed by atoms with Gasteiger partial charge in [-0.25, -0.2) is 20.9 Å². The van der Waals surface area contributed by atoms with Crippen LogP contribution in [0.5, 0.6) is 0 Å². The highest BCUT2D eigenvalue weighted by atomic mass is 16.8. The average molecular weight is 304 g/mol. The minimum Gasteiger partial charge on any atom is -0.599 e. The SMILES string of the molecule is C[C@@](c1ccccc1)([NH+]([O-])O)[C@](C)(c1ccccc1)[NH+]([O-])O. The van der Waals surface area contributed by atoms with Gasteiger partial charge in [-0.15, -0.1) is 0 Å². The summed E-state index contributed by atoms with van der Waals surface area (Å²) >= 11 is 0. The van der Waals surface area contributed by atoms with Gasteiger partial charge in [0.25, 0.3) is 0 Å². The highest BCUT2D eigenvalue weighted by Crippen LogP contribution is 2.35. The average Bonchev–Trinajstić information content (AvgIpc) is 2.54. The highest BCUT2D eigenvalue weighted by molar-refractivity contribution is 5.32. The van der Waals surface area contributed by atoms with Crippen LogP contribution in [0.4, 0.5) is 0 Å². The molecule has 2 rings (SSSR count). The Morgan fingerprint density at radius 3 is 1.18 bits per heavy atom. The molecule has 4 N–H and O–H groups in total. The van der Waals surface area contributed by atoms with Gasteiger partial charge in [-0.2, -0.15) is 0 Å². The minimum absolute atomic E-state index is 0.455. The predicted molar refractivity (Wildman–Crippen MR) is 79.8 cm³/mol. The number of hydrogen-bond donors (Lipinski definition) is 4. The fourth-order valence-electron chi connectivity index (χ4n) is 2.80. The maximum atomic E-state index is 12.1. The lowest BCUT2D eigenvalue weighted by Crippen LogP contribution is -3.25. The van der Waals surface area contributed by atoms with Crippen molar-refractivity contribution in [3.05, 3.63) is 82.2 Å². The third-order valence-electron chi connectivity index (χ3n) is 4.56. The van der Waals surface area contributed by atoms with E-state index in [2.05, 4.69) is 0 Å². The van der Waals surface area contributed by atoms with Gasteiger partial charge in [-0.1, -0.05) is 60.7 Å². The molecule has 118 valence electrons. The van der Waals surface area contributed by atoms with Gasteiger partial charge in [0.1, 0.15) is 0 Å². The summed E-state index contributed by atoms with van der Waals surface area (Å²) in [6.45, 7) is 2.93. The summed E-state index contributed by atoms with van der Waals surface area (Å²) < 4.78 is 0. The van der Waals surface area contributed by atoms with Crippen molar-refractivity contribution < 1.29 is 20.9 Å². The lowest BCUT2D eigenvalue weighted by Gasteiger charge is -2.49. The first-order valence-electron chi connectivity index (χ1n) is 6.93. The second kappa shape index (κ2) is 6.13. The summed E-state index contributed by atoms with van der Waals surface area (Å²) in [4.78, 5) is 0. The fourth-order valence-corrected chi connectivity index (χ4v) is 2.80. The molecule has 0 saturated carbocycles. The standard InChI is InChI=1S/C16H20N2O4/c1-15(17(19)20,13-9-5-3-6-10-13)16(2,18(21)22)14-11-7-4-8-12-14/h3-12,17-19,21H,1-2H3/t15-,16-/m0/s1.